The van der Waals surface area contributed by atoms with Crippen molar-refractivity contribution in [2.45, 2.75) is 43.9 Å². The first-order valence-corrected chi connectivity index (χ1v) is 11.1. The molecule has 6 nitrogen and oxygen atoms in total. The number of amides is 1. The zero-order chi connectivity index (χ0) is 21.5. The number of nitrogens with one attached hydrogen (secondary N) is 2. The van der Waals surface area contributed by atoms with E-state index in [9.17, 15) is 13.2 Å². The van der Waals surface area contributed by atoms with Crippen LogP contribution >= 0.6 is 0 Å². The summed E-state index contributed by atoms with van der Waals surface area (Å²) in [6.07, 6.45) is 1.01. The van der Waals surface area contributed by atoms with Gasteiger partial charge in [0.05, 0.1) is 12.0 Å². The van der Waals surface area contributed by atoms with Crippen LogP contribution in [0.25, 0.3) is 0 Å². The summed E-state index contributed by atoms with van der Waals surface area (Å²) < 4.78 is 31.9. The smallest absolute Gasteiger partial charge is 0.240 e. The van der Waals surface area contributed by atoms with Gasteiger partial charge in [0, 0.05) is 19.5 Å². The summed E-state index contributed by atoms with van der Waals surface area (Å²) in [5.74, 6) is 0.484. The topological polar surface area (TPSA) is 84.5 Å². The van der Waals surface area contributed by atoms with Crippen molar-refractivity contribution in [3.05, 3.63) is 59.7 Å². The third-order valence-corrected chi connectivity index (χ3v) is 6.05. The second-order valence-electron chi connectivity index (χ2n) is 7.87. The van der Waals surface area contributed by atoms with Gasteiger partial charge in [-0.1, -0.05) is 45.0 Å². The maximum atomic E-state index is 12.2. The van der Waals surface area contributed by atoms with Crippen molar-refractivity contribution in [1.82, 2.24) is 10.0 Å². The summed E-state index contributed by atoms with van der Waals surface area (Å²) in [6, 6.07) is 14.4. The third-order valence-electron chi connectivity index (χ3n) is 4.57. The van der Waals surface area contributed by atoms with Crippen LogP contribution in [0.3, 0.4) is 0 Å². The highest BCUT2D eigenvalue weighted by molar-refractivity contribution is 7.89. The quantitative estimate of drug-likeness (QED) is 0.613. The minimum atomic E-state index is -3.61. The van der Waals surface area contributed by atoms with Crippen LogP contribution in [-0.2, 0) is 26.7 Å². The summed E-state index contributed by atoms with van der Waals surface area (Å²) in [4.78, 5) is 12.2. The molecule has 0 aliphatic carbocycles. The second-order valence-corrected chi connectivity index (χ2v) is 9.64. The highest BCUT2D eigenvalue weighted by Crippen LogP contribution is 2.22. The number of hydrogen-bond donors (Lipinski definition) is 2. The van der Waals surface area contributed by atoms with Crippen molar-refractivity contribution < 1.29 is 17.9 Å². The van der Waals surface area contributed by atoms with Crippen molar-refractivity contribution in [1.29, 1.82) is 0 Å². The van der Waals surface area contributed by atoms with E-state index in [2.05, 4.69) is 55.1 Å². The summed E-state index contributed by atoms with van der Waals surface area (Å²) in [7, 11) is -2.09. The zero-order valence-corrected chi connectivity index (χ0v) is 18.3. The lowest BCUT2D eigenvalue weighted by Crippen LogP contribution is -2.34. The fourth-order valence-corrected chi connectivity index (χ4v) is 3.78. The first kappa shape index (κ1) is 22.9. The molecule has 0 aromatic heterocycles. The Hall–Kier alpha value is -2.38. The van der Waals surface area contributed by atoms with Gasteiger partial charge in [0.25, 0.3) is 0 Å². The molecule has 0 fully saturated rings. The lowest BCUT2D eigenvalue weighted by Gasteiger charge is -2.19. The van der Waals surface area contributed by atoms with Crippen LogP contribution < -0.4 is 14.8 Å². The van der Waals surface area contributed by atoms with Gasteiger partial charge in [0.1, 0.15) is 5.75 Å². The monoisotopic (exact) mass is 418 g/mol. The van der Waals surface area contributed by atoms with Crippen LogP contribution in [-0.4, -0.2) is 34.5 Å². The molecule has 0 aliphatic heterocycles. The molecule has 0 heterocycles. The van der Waals surface area contributed by atoms with Gasteiger partial charge < -0.3 is 10.1 Å². The van der Waals surface area contributed by atoms with Gasteiger partial charge in [-0.25, -0.2) is 13.1 Å². The van der Waals surface area contributed by atoms with E-state index in [0.717, 1.165) is 5.56 Å². The van der Waals surface area contributed by atoms with Crippen molar-refractivity contribution in [2.75, 3.05) is 20.2 Å². The van der Waals surface area contributed by atoms with Crippen molar-refractivity contribution >= 4 is 15.9 Å². The molecule has 2 aromatic carbocycles. The highest BCUT2D eigenvalue weighted by Gasteiger charge is 2.14. The summed E-state index contributed by atoms with van der Waals surface area (Å²) in [5.41, 5.74) is 2.47. The average molecular weight is 419 g/mol. The summed E-state index contributed by atoms with van der Waals surface area (Å²) >= 11 is 0. The first-order valence-electron chi connectivity index (χ1n) is 9.62. The van der Waals surface area contributed by atoms with Crippen LogP contribution in [0.5, 0.6) is 5.75 Å². The maximum absolute atomic E-state index is 12.2. The van der Waals surface area contributed by atoms with Crippen LogP contribution in [0.2, 0.25) is 0 Å². The van der Waals surface area contributed by atoms with Gasteiger partial charge in [0.15, 0.2) is 0 Å². The Morgan fingerprint density at radius 2 is 1.59 bits per heavy atom. The fourth-order valence-electron chi connectivity index (χ4n) is 2.74. The molecule has 1 amide bonds. The summed E-state index contributed by atoms with van der Waals surface area (Å²) in [5, 5.41) is 2.74. The Morgan fingerprint density at radius 3 is 2.14 bits per heavy atom. The molecule has 0 saturated heterocycles. The molecule has 0 radical (unpaired) electrons. The van der Waals surface area contributed by atoms with Gasteiger partial charge >= 0.3 is 0 Å². The minimum absolute atomic E-state index is 0.103. The molecule has 0 saturated carbocycles. The van der Waals surface area contributed by atoms with E-state index < -0.39 is 10.0 Å². The molecule has 0 atom stereocenters. The van der Waals surface area contributed by atoms with E-state index in [0.29, 0.717) is 18.6 Å². The number of carbonyl (C=O) groups is 1. The first-order chi connectivity index (χ1) is 13.6. The average Bonchev–Trinajstić information content (AvgIpc) is 2.69. The van der Waals surface area contributed by atoms with Crippen LogP contribution in [0.1, 0.15) is 38.3 Å². The van der Waals surface area contributed by atoms with E-state index in [1.807, 2.05) is 0 Å². The maximum Gasteiger partial charge on any atom is 0.240 e. The zero-order valence-electron chi connectivity index (χ0n) is 17.5. The number of ether oxygens (including phenoxy) is 1. The van der Waals surface area contributed by atoms with Crippen LogP contribution in [0.15, 0.2) is 53.4 Å². The van der Waals surface area contributed by atoms with E-state index in [4.69, 9.17) is 4.74 Å². The number of hydrogen-bond acceptors (Lipinski definition) is 4. The predicted octanol–water partition coefficient (Wildman–Crippen LogP) is 3.02. The summed E-state index contributed by atoms with van der Waals surface area (Å²) in [6.45, 7) is 6.85. The van der Waals surface area contributed by atoms with Crippen LogP contribution in [0.4, 0.5) is 0 Å². The van der Waals surface area contributed by atoms with E-state index in [1.165, 1.54) is 24.8 Å². The Labute approximate surface area is 173 Å². The lowest BCUT2D eigenvalue weighted by molar-refractivity contribution is -0.121. The van der Waals surface area contributed by atoms with Gasteiger partial charge in [-0.3, -0.25) is 4.79 Å². The van der Waals surface area contributed by atoms with Gasteiger partial charge in [-0.2, -0.15) is 0 Å². The highest BCUT2D eigenvalue weighted by atomic mass is 32.2. The van der Waals surface area contributed by atoms with Crippen molar-refractivity contribution in [3.63, 3.8) is 0 Å². The number of methoxy groups -OCH3 is 1. The molecule has 0 bridgehead atoms. The molecule has 0 aliphatic rings. The number of carbonyl (C=O) groups excluding carboxylic acids is 1. The van der Waals surface area contributed by atoms with Crippen LogP contribution in [0, 0.1) is 0 Å². The molecular weight excluding hydrogens is 388 g/mol. The molecule has 0 unspecified atom stereocenters. The van der Waals surface area contributed by atoms with Crippen molar-refractivity contribution in [3.8, 4) is 5.75 Å². The lowest BCUT2D eigenvalue weighted by atomic mass is 9.86. The molecule has 29 heavy (non-hydrogen) atoms. The number of aryl methyl sites for hydroxylation is 1. The Morgan fingerprint density at radius 1 is 0.966 bits per heavy atom. The largest absolute Gasteiger partial charge is 0.497 e. The predicted molar refractivity (Wildman–Crippen MR) is 115 cm³/mol. The van der Waals surface area contributed by atoms with Gasteiger partial charge in [-0.05, 0) is 47.2 Å². The SMILES string of the molecule is COc1ccc(S(=O)(=O)NCCNC(=O)CCc2ccc(C(C)(C)C)cc2)cc1. The fraction of sp³-hybridized carbons (Fsp3) is 0.409. The molecule has 2 N–H and O–H groups in total. The van der Waals surface area contributed by atoms with Gasteiger partial charge in [0.2, 0.25) is 15.9 Å². The van der Waals surface area contributed by atoms with Gasteiger partial charge in [-0.15, -0.1) is 0 Å². The van der Waals surface area contributed by atoms with E-state index >= 15 is 0 Å². The number of rotatable bonds is 9. The van der Waals surface area contributed by atoms with E-state index in [-0.39, 0.29) is 29.3 Å². The Kier molecular flexibility index (Phi) is 7.81. The number of benzene rings is 2. The molecule has 0 spiro atoms. The van der Waals surface area contributed by atoms with Crippen molar-refractivity contribution in [2.24, 2.45) is 0 Å². The number of sulfonamides is 1. The molecule has 2 rings (SSSR count). The molecule has 7 heteroatoms. The Bertz CT molecular complexity index is 899. The molecule has 2 aromatic rings. The van der Waals surface area contributed by atoms with E-state index in [1.54, 1.807) is 12.1 Å². The molecular formula is C22H30N2O4S. The normalized spacial score (nSPS) is 11.9. The second kappa shape index (κ2) is 9.89. The minimum Gasteiger partial charge on any atom is -0.497 e. The standard InChI is InChI=1S/C22H30N2O4S/c1-22(2,3)18-8-5-17(6-9-18)7-14-21(25)23-15-16-24-29(26,27)20-12-10-19(28-4)11-13-20/h5-6,8-13,24H,7,14-16H2,1-4H3,(H,23,25). The Balaban J connectivity index is 1.72. The third kappa shape index (κ3) is 7.18. The molecule has 158 valence electrons.